The average Bonchev–Trinajstić information content (AvgIpc) is 2.85. The molecule has 5 heteroatoms. The zero-order chi connectivity index (χ0) is 23.9. The van der Waals surface area contributed by atoms with Crippen LogP contribution in [-0.4, -0.2) is 36.4 Å². The number of aryl methyl sites for hydroxylation is 2. The molecule has 5 nitrogen and oxygen atoms in total. The number of piperidine rings is 1. The van der Waals surface area contributed by atoms with E-state index in [4.69, 9.17) is 14.7 Å². The zero-order valence-corrected chi connectivity index (χ0v) is 20.6. The number of methoxy groups -OCH3 is 1. The van der Waals surface area contributed by atoms with Crippen LogP contribution in [0.4, 0.5) is 11.4 Å². The summed E-state index contributed by atoms with van der Waals surface area (Å²) in [6.07, 6.45) is 3.54. The minimum Gasteiger partial charge on any atom is -0.497 e. The Hall–Kier alpha value is -3.60. The van der Waals surface area contributed by atoms with Crippen molar-refractivity contribution in [3.05, 3.63) is 89.5 Å². The molecule has 0 bridgehead atoms. The number of hydrogen-bond acceptors (Lipinski definition) is 2. The van der Waals surface area contributed by atoms with Crippen molar-refractivity contribution in [2.24, 2.45) is 9.98 Å². The number of ether oxygens (including phenoxy) is 1. The monoisotopic (exact) mass is 454 g/mol. The second-order valence-electron chi connectivity index (χ2n) is 8.87. The van der Waals surface area contributed by atoms with Crippen LogP contribution in [0.1, 0.15) is 42.9 Å². The fourth-order valence-electron chi connectivity index (χ4n) is 4.41. The van der Waals surface area contributed by atoms with Gasteiger partial charge in [0.2, 0.25) is 5.96 Å². The summed E-state index contributed by atoms with van der Waals surface area (Å²) in [5.74, 6) is 2.37. The molecule has 1 heterocycles. The molecule has 176 valence electrons. The Kier molecular flexibility index (Phi) is 7.63. The largest absolute Gasteiger partial charge is 0.497 e. The third-order valence-electron chi connectivity index (χ3n) is 6.33. The van der Waals surface area contributed by atoms with Crippen molar-refractivity contribution in [1.82, 2.24) is 4.90 Å². The summed E-state index contributed by atoms with van der Waals surface area (Å²) >= 11 is 0. The molecule has 1 N–H and O–H groups in total. The van der Waals surface area contributed by atoms with Crippen LogP contribution < -0.4 is 10.1 Å². The smallest absolute Gasteiger partial charge is 0.228 e. The van der Waals surface area contributed by atoms with Gasteiger partial charge in [0.15, 0.2) is 0 Å². The molecule has 0 aromatic heterocycles. The Morgan fingerprint density at radius 3 is 2.26 bits per heavy atom. The third kappa shape index (κ3) is 5.66. The SMILES string of the molecule is COc1ccc(N/C(=N\C(=Nc2ccccc2)N2CCCCC2C)c2c(C)cccc2C)cc1. The molecule has 34 heavy (non-hydrogen) atoms. The second kappa shape index (κ2) is 11.0. The highest BCUT2D eigenvalue weighted by Crippen LogP contribution is 2.23. The van der Waals surface area contributed by atoms with Gasteiger partial charge in [0.05, 0.1) is 12.8 Å². The highest BCUT2D eigenvalue weighted by atomic mass is 16.5. The molecular weight excluding hydrogens is 420 g/mol. The molecule has 0 saturated carbocycles. The maximum atomic E-state index is 5.34. The zero-order valence-electron chi connectivity index (χ0n) is 20.6. The first kappa shape index (κ1) is 23.6. The van der Waals surface area contributed by atoms with Crippen molar-refractivity contribution in [3.63, 3.8) is 0 Å². The number of benzene rings is 3. The van der Waals surface area contributed by atoms with E-state index in [1.807, 2.05) is 54.6 Å². The maximum Gasteiger partial charge on any atom is 0.228 e. The summed E-state index contributed by atoms with van der Waals surface area (Å²) in [6.45, 7) is 7.49. The van der Waals surface area contributed by atoms with E-state index in [1.165, 1.54) is 17.5 Å². The molecule has 1 aliphatic heterocycles. The molecule has 4 rings (SSSR count). The van der Waals surface area contributed by atoms with Crippen LogP contribution in [-0.2, 0) is 0 Å². The fraction of sp³-hybridized carbons (Fsp3) is 0.310. The van der Waals surface area contributed by atoms with Crippen LogP contribution in [0.25, 0.3) is 0 Å². The van der Waals surface area contributed by atoms with Crippen LogP contribution in [0, 0.1) is 13.8 Å². The van der Waals surface area contributed by atoms with E-state index >= 15 is 0 Å². The lowest BCUT2D eigenvalue weighted by Gasteiger charge is -2.34. The van der Waals surface area contributed by atoms with Crippen molar-refractivity contribution in [3.8, 4) is 5.75 Å². The molecule has 1 atom stereocenters. The Bertz CT molecular complexity index is 1130. The number of rotatable bonds is 4. The quantitative estimate of drug-likeness (QED) is 0.351. The van der Waals surface area contributed by atoms with Crippen LogP contribution in [0.15, 0.2) is 82.8 Å². The summed E-state index contributed by atoms with van der Waals surface area (Å²) in [4.78, 5) is 12.6. The number of para-hydroxylation sites is 1. The molecule has 3 aromatic carbocycles. The van der Waals surface area contributed by atoms with Crippen molar-refractivity contribution in [1.29, 1.82) is 0 Å². The molecule has 1 unspecified atom stereocenters. The van der Waals surface area contributed by atoms with Crippen molar-refractivity contribution in [2.45, 2.75) is 46.1 Å². The van der Waals surface area contributed by atoms with E-state index in [2.05, 4.69) is 49.2 Å². The highest BCUT2D eigenvalue weighted by Gasteiger charge is 2.23. The lowest BCUT2D eigenvalue weighted by Crippen LogP contribution is -2.42. The number of likely N-dealkylation sites (tertiary alicyclic amines) is 1. The first-order valence-corrected chi connectivity index (χ1v) is 12.0. The van der Waals surface area contributed by atoms with Gasteiger partial charge in [0.1, 0.15) is 11.6 Å². The molecule has 1 fully saturated rings. The Morgan fingerprint density at radius 2 is 1.62 bits per heavy atom. The number of aliphatic imine (C=N–C) groups is 2. The Morgan fingerprint density at radius 1 is 0.912 bits per heavy atom. The summed E-state index contributed by atoms with van der Waals surface area (Å²) in [5.41, 5.74) is 5.30. The molecule has 3 aromatic rings. The summed E-state index contributed by atoms with van der Waals surface area (Å²) in [6, 6.07) is 24.8. The lowest BCUT2D eigenvalue weighted by molar-refractivity contribution is 0.256. The fourth-order valence-corrected chi connectivity index (χ4v) is 4.41. The minimum absolute atomic E-state index is 0.389. The van der Waals surface area contributed by atoms with Gasteiger partial charge >= 0.3 is 0 Å². The van der Waals surface area contributed by atoms with Gasteiger partial charge in [-0.2, -0.15) is 4.99 Å². The highest BCUT2D eigenvalue weighted by molar-refractivity contribution is 6.14. The average molecular weight is 455 g/mol. The number of amidine groups is 1. The van der Waals surface area contributed by atoms with Crippen LogP contribution in [0.5, 0.6) is 5.75 Å². The standard InChI is InChI=1S/C29H34N4O/c1-21-11-10-12-22(2)27(21)28(30-25-16-18-26(34-4)19-17-25)32-29(31-24-14-6-5-7-15-24)33-20-9-8-13-23(33)3/h5-7,10-12,14-19,23H,8-9,13,20H2,1-4H3,(H,30,31,32). The molecule has 0 amide bonds. The van der Waals surface area contributed by atoms with Gasteiger partial charge in [-0.3, -0.25) is 0 Å². The van der Waals surface area contributed by atoms with Crippen molar-refractivity contribution in [2.75, 3.05) is 19.0 Å². The molecule has 1 saturated heterocycles. The minimum atomic E-state index is 0.389. The molecule has 1 aliphatic rings. The van der Waals surface area contributed by atoms with Crippen LogP contribution >= 0.6 is 0 Å². The van der Waals surface area contributed by atoms with Gasteiger partial charge in [0, 0.05) is 23.8 Å². The molecule has 0 radical (unpaired) electrons. The van der Waals surface area contributed by atoms with E-state index < -0.39 is 0 Å². The van der Waals surface area contributed by atoms with Gasteiger partial charge in [-0.25, -0.2) is 4.99 Å². The van der Waals surface area contributed by atoms with E-state index in [0.29, 0.717) is 6.04 Å². The van der Waals surface area contributed by atoms with E-state index in [1.54, 1.807) is 7.11 Å². The van der Waals surface area contributed by atoms with Gasteiger partial charge < -0.3 is 15.0 Å². The van der Waals surface area contributed by atoms with Gasteiger partial charge in [-0.1, -0.05) is 36.4 Å². The topological polar surface area (TPSA) is 49.2 Å². The van der Waals surface area contributed by atoms with Crippen molar-refractivity contribution < 1.29 is 4.74 Å². The first-order valence-electron chi connectivity index (χ1n) is 12.0. The van der Waals surface area contributed by atoms with Crippen LogP contribution in [0.3, 0.4) is 0 Å². The van der Waals surface area contributed by atoms with Gasteiger partial charge in [-0.15, -0.1) is 0 Å². The molecular formula is C29H34N4O. The van der Waals surface area contributed by atoms with E-state index in [9.17, 15) is 0 Å². The summed E-state index contributed by atoms with van der Waals surface area (Å²) < 4.78 is 5.34. The summed E-state index contributed by atoms with van der Waals surface area (Å²) in [7, 11) is 1.68. The molecule has 0 aliphatic carbocycles. The van der Waals surface area contributed by atoms with Crippen molar-refractivity contribution >= 4 is 23.2 Å². The predicted molar refractivity (Wildman–Crippen MR) is 143 cm³/mol. The molecule has 0 spiro atoms. The summed E-state index contributed by atoms with van der Waals surface area (Å²) in [5, 5.41) is 3.59. The van der Waals surface area contributed by atoms with E-state index in [-0.39, 0.29) is 0 Å². The Balaban J connectivity index is 1.83. The van der Waals surface area contributed by atoms with Gasteiger partial charge in [0.25, 0.3) is 0 Å². The third-order valence-corrected chi connectivity index (χ3v) is 6.33. The first-order chi connectivity index (χ1) is 16.5. The normalized spacial score (nSPS) is 16.9. The van der Waals surface area contributed by atoms with Gasteiger partial charge in [-0.05, 0) is 87.6 Å². The number of nitrogens with zero attached hydrogens (tertiary/aromatic N) is 3. The number of nitrogens with one attached hydrogen (secondary N) is 1. The van der Waals surface area contributed by atoms with E-state index in [0.717, 1.165) is 53.9 Å². The second-order valence-corrected chi connectivity index (χ2v) is 8.87. The number of guanidine groups is 1. The lowest BCUT2D eigenvalue weighted by atomic mass is 10.0. The number of anilines is 1. The number of hydrogen-bond donors (Lipinski definition) is 1. The van der Waals surface area contributed by atoms with Crippen LogP contribution in [0.2, 0.25) is 0 Å². The Labute approximate surface area is 203 Å². The maximum absolute atomic E-state index is 5.34. The predicted octanol–water partition coefficient (Wildman–Crippen LogP) is 6.73.